The Hall–Kier alpha value is -1.36. The Morgan fingerprint density at radius 1 is 1.39 bits per heavy atom. The molecular weight excluding hydrogens is 298 g/mol. The van der Waals surface area contributed by atoms with Crippen LogP contribution in [-0.4, -0.2) is 17.0 Å². The highest BCUT2D eigenvalue weighted by molar-refractivity contribution is 9.10. The third-order valence-corrected chi connectivity index (χ3v) is 2.93. The number of carboxylic acid groups (broad SMARTS) is 1. The molecule has 18 heavy (non-hydrogen) atoms. The minimum Gasteiger partial charge on any atom is -0.478 e. The van der Waals surface area contributed by atoms with Gasteiger partial charge in [0.05, 0.1) is 11.3 Å². The van der Waals surface area contributed by atoms with Gasteiger partial charge in [0.25, 0.3) is 0 Å². The molecular formula is C13H16BrNO3. The number of benzene rings is 1. The SMILES string of the molecule is CC(C)CCC(=O)Nc1ccc(Br)cc1C(=O)O. The quantitative estimate of drug-likeness (QED) is 0.874. The zero-order valence-electron chi connectivity index (χ0n) is 10.4. The average molecular weight is 314 g/mol. The Morgan fingerprint density at radius 3 is 2.61 bits per heavy atom. The minimum atomic E-state index is -1.06. The van der Waals surface area contributed by atoms with Crippen LogP contribution in [0.1, 0.15) is 37.0 Å². The molecule has 98 valence electrons. The van der Waals surface area contributed by atoms with Crippen molar-refractivity contribution in [1.29, 1.82) is 0 Å². The largest absolute Gasteiger partial charge is 0.478 e. The summed E-state index contributed by atoms with van der Waals surface area (Å²) in [5, 5.41) is 11.7. The summed E-state index contributed by atoms with van der Waals surface area (Å²) in [6.07, 6.45) is 1.18. The van der Waals surface area contributed by atoms with E-state index in [1.54, 1.807) is 12.1 Å². The van der Waals surface area contributed by atoms with Gasteiger partial charge in [-0.2, -0.15) is 0 Å². The van der Waals surface area contributed by atoms with Crippen LogP contribution in [0.5, 0.6) is 0 Å². The fourth-order valence-corrected chi connectivity index (χ4v) is 1.80. The van der Waals surface area contributed by atoms with Crippen molar-refractivity contribution in [2.24, 2.45) is 5.92 Å². The Labute approximate surface area is 115 Å². The second-order valence-corrected chi connectivity index (χ2v) is 5.39. The second kappa shape index (κ2) is 6.54. The highest BCUT2D eigenvalue weighted by Gasteiger charge is 2.13. The Bertz CT molecular complexity index is 458. The van der Waals surface area contributed by atoms with Crippen molar-refractivity contribution >= 4 is 33.5 Å². The molecule has 0 aromatic heterocycles. The molecule has 0 heterocycles. The fourth-order valence-electron chi connectivity index (χ4n) is 1.43. The van der Waals surface area contributed by atoms with E-state index in [0.29, 0.717) is 22.5 Å². The smallest absolute Gasteiger partial charge is 0.337 e. The maximum atomic E-state index is 11.7. The van der Waals surface area contributed by atoms with Crippen LogP contribution in [0.25, 0.3) is 0 Å². The van der Waals surface area contributed by atoms with Gasteiger partial charge in [0.15, 0.2) is 0 Å². The lowest BCUT2D eigenvalue weighted by atomic mass is 10.1. The maximum absolute atomic E-state index is 11.7. The summed E-state index contributed by atoms with van der Waals surface area (Å²) in [6, 6.07) is 4.76. The molecule has 1 amide bonds. The lowest BCUT2D eigenvalue weighted by Gasteiger charge is -2.09. The summed E-state index contributed by atoms with van der Waals surface area (Å²) in [6.45, 7) is 4.07. The maximum Gasteiger partial charge on any atom is 0.337 e. The van der Waals surface area contributed by atoms with Crippen LogP contribution in [0.15, 0.2) is 22.7 Å². The number of nitrogens with one attached hydrogen (secondary N) is 1. The zero-order valence-corrected chi connectivity index (χ0v) is 12.0. The van der Waals surface area contributed by atoms with Crippen LogP contribution >= 0.6 is 15.9 Å². The monoisotopic (exact) mass is 313 g/mol. The van der Waals surface area contributed by atoms with Crippen molar-refractivity contribution in [3.8, 4) is 0 Å². The van der Waals surface area contributed by atoms with Crippen LogP contribution in [0.3, 0.4) is 0 Å². The van der Waals surface area contributed by atoms with Gasteiger partial charge in [0.1, 0.15) is 0 Å². The van der Waals surface area contributed by atoms with Crippen LogP contribution in [0.4, 0.5) is 5.69 Å². The van der Waals surface area contributed by atoms with E-state index in [9.17, 15) is 9.59 Å². The predicted molar refractivity (Wildman–Crippen MR) is 73.8 cm³/mol. The summed E-state index contributed by atoms with van der Waals surface area (Å²) >= 11 is 3.20. The van der Waals surface area contributed by atoms with Gasteiger partial charge < -0.3 is 10.4 Å². The van der Waals surface area contributed by atoms with E-state index in [4.69, 9.17) is 5.11 Å². The van der Waals surface area contributed by atoms with Crippen LogP contribution < -0.4 is 5.32 Å². The topological polar surface area (TPSA) is 66.4 Å². The first kappa shape index (κ1) is 14.7. The molecule has 0 aliphatic carbocycles. The van der Waals surface area contributed by atoms with E-state index >= 15 is 0 Å². The number of rotatable bonds is 5. The Balaban J connectivity index is 2.78. The molecule has 1 aromatic carbocycles. The van der Waals surface area contributed by atoms with Gasteiger partial charge in [0.2, 0.25) is 5.91 Å². The summed E-state index contributed by atoms with van der Waals surface area (Å²) in [7, 11) is 0. The van der Waals surface area contributed by atoms with Crippen molar-refractivity contribution in [3.05, 3.63) is 28.2 Å². The summed E-state index contributed by atoms with van der Waals surface area (Å²) in [5.74, 6) is -0.774. The van der Waals surface area contributed by atoms with E-state index < -0.39 is 5.97 Å². The number of carboxylic acids is 1. The number of hydrogen-bond acceptors (Lipinski definition) is 2. The van der Waals surface area contributed by atoms with Crippen LogP contribution in [0, 0.1) is 5.92 Å². The highest BCUT2D eigenvalue weighted by atomic mass is 79.9. The average Bonchev–Trinajstić information content (AvgIpc) is 2.28. The minimum absolute atomic E-state index is 0.0854. The first-order valence-corrected chi connectivity index (χ1v) is 6.52. The zero-order chi connectivity index (χ0) is 13.7. The van der Waals surface area contributed by atoms with Crippen molar-refractivity contribution in [3.63, 3.8) is 0 Å². The van der Waals surface area contributed by atoms with Crippen LogP contribution in [0.2, 0.25) is 0 Å². The molecule has 0 aliphatic heterocycles. The third-order valence-electron chi connectivity index (χ3n) is 2.43. The molecule has 0 spiro atoms. The molecule has 4 nitrogen and oxygen atoms in total. The van der Waals surface area contributed by atoms with E-state index in [1.165, 1.54) is 6.07 Å². The predicted octanol–water partition coefficient (Wildman–Crippen LogP) is 3.52. The number of hydrogen-bond donors (Lipinski definition) is 2. The molecule has 0 saturated carbocycles. The van der Waals surface area contributed by atoms with E-state index in [1.807, 2.05) is 13.8 Å². The number of carbonyl (C=O) groups is 2. The fraction of sp³-hybridized carbons (Fsp3) is 0.385. The molecule has 5 heteroatoms. The molecule has 0 saturated heterocycles. The molecule has 0 unspecified atom stereocenters. The number of amides is 1. The molecule has 0 atom stereocenters. The van der Waals surface area contributed by atoms with Gasteiger partial charge in [0, 0.05) is 10.9 Å². The summed E-state index contributed by atoms with van der Waals surface area (Å²) in [4.78, 5) is 22.7. The van der Waals surface area contributed by atoms with Gasteiger partial charge in [-0.15, -0.1) is 0 Å². The first-order valence-electron chi connectivity index (χ1n) is 5.73. The van der Waals surface area contributed by atoms with E-state index in [0.717, 1.165) is 6.42 Å². The lowest BCUT2D eigenvalue weighted by Crippen LogP contribution is -2.15. The molecule has 0 fully saturated rings. The molecule has 1 rings (SSSR count). The van der Waals surface area contributed by atoms with Gasteiger partial charge >= 0.3 is 5.97 Å². The van der Waals surface area contributed by atoms with Gasteiger partial charge in [-0.05, 0) is 30.5 Å². The summed E-state index contributed by atoms with van der Waals surface area (Å²) in [5.41, 5.74) is 0.418. The first-order chi connectivity index (χ1) is 8.40. The van der Waals surface area contributed by atoms with Crippen molar-refractivity contribution in [2.45, 2.75) is 26.7 Å². The molecule has 0 radical (unpaired) electrons. The van der Waals surface area contributed by atoms with Crippen molar-refractivity contribution in [2.75, 3.05) is 5.32 Å². The number of carbonyl (C=O) groups excluding carboxylic acids is 1. The van der Waals surface area contributed by atoms with Crippen molar-refractivity contribution < 1.29 is 14.7 Å². The normalized spacial score (nSPS) is 10.4. The Morgan fingerprint density at radius 2 is 2.06 bits per heavy atom. The molecule has 2 N–H and O–H groups in total. The summed E-state index contributed by atoms with van der Waals surface area (Å²) < 4.78 is 0.667. The van der Waals surface area contributed by atoms with E-state index in [-0.39, 0.29) is 11.5 Å². The van der Waals surface area contributed by atoms with Gasteiger partial charge in [-0.25, -0.2) is 4.79 Å². The molecule has 1 aromatic rings. The Kier molecular flexibility index (Phi) is 5.34. The molecule has 0 bridgehead atoms. The van der Waals surface area contributed by atoms with Gasteiger partial charge in [-0.1, -0.05) is 29.8 Å². The van der Waals surface area contributed by atoms with Gasteiger partial charge in [-0.3, -0.25) is 4.79 Å². The second-order valence-electron chi connectivity index (χ2n) is 4.48. The standard InChI is InChI=1S/C13H16BrNO3/c1-8(2)3-6-12(16)15-11-5-4-9(14)7-10(11)13(17)18/h4-5,7-8H,3,6H2,1-2H3,(H,15,16)(H,17,18). The van der Waals surface area contributed by atoms with E-state index in [2.05, 4.69) is 21.2 Å². The van der Waals surface area contributed by atoms with Crippen LogP contribution in [-0.2, 0) is 4.79 Å². The number of halogens is 1. The third kappa shape index (κ3) is 4.49. The number of anilines is 1. The lowest BCUT2D eigenvalue weighted by molar-refractivity contribution is -0.116. The van der Waals surface area contributed by atoms with Crippen molar-refractivity contribution in [1.82, 2.24) is 0 Å². The molecule has 0 aliphatic rings. The highest BCUT2D eigenvalue weighted by Crippen LogP contribution is 2.21. The number of aromatic carboxylic acids is 1.